The van der Waals surface area contributed by atoms with E-state index in [1.807, 2.05) is 15.3 Å². The summed E-state index contributed by atoms with van der Waals surface area (Å²) in [6.07, 6.45) is 1.17. The molecule has 0 saturated heterocycles. The Balaban J connectivity index is 0.000000640. The van der Waals surface area contributed by atoms with Crippen molar-refractivity contribution in [1.82, 2.24) is 0 Å². The molecule has 0 aliphatic carbocycles. The van der Waals surface area contributed by atoms with E-state index in [-0.39, 0.29) is 24.0 Å². The molecule has 0 bridgehead atoms. The molecule has 2 heteroatoms. The number of rotatable bonds is 1. The van der Waals surface area contributed by atoms with E-state index < -0.39 is 0 Å². The SMILES string of the molecule is [I-].[PH3+]Cc1ccccc1. The van der Waals surface area contributed by atoms with E-state index in [0.717, 1.165) is 0 Å². The molecule has 0 fully saturated rings. The highest BCUT2D eigenvalue weighted by Gasteiger charge is 1.83. The van der Waals surface area contributed by atoms with Gasteiger partial charge in [0.15, 0.2) is 0 Å². The molecule has 9 heavy (non-hydrogen) atoms. The molecule has 0 amide bonds. The summed E-state index contributed by atoms with van der Waals surface area (Å²) in [5.41, 5.74) is 1.42. The largest absolute Gasteiger partial charge is 1.00 e. The minimum absolute atomic E-state index is 0. The van der Waals surface area contributed by atoms with Gasteiger partial charge in [0.1, 0.15) is 0 Å². The smallest absolute Gasteiger partial charge is 0.0774 e. The fourth-order valence-electron chi connectivity index (χ4n) is 0.645. The van der Waals surface area contributed by atoms with Crippen molar-refractivity contribution in [2.24, 2.45) is 0 Å². The van der Waals surface area contributed by atoms with Crippen molar-refractivity contribution in [3.63, 3.8) is 0 Å². The second kappa shape index (κ2) is 5.19. The zero-order chi connectivity index (χ0) is 5.82. The van der Waals surface area contributed by atoms with E-state index in [4.69, 9.17) is 0 Å². The molecule has 0 heterocycles. The number of hydrogen-bond donors (Lipinski definition) is 0. The fraction of sp³-hybridized carbons (Fsp3) is 0.143. The van der Waals surface area contributed by atoms with Crippen molar-refractivity contribution in [3.05, 3.63) is 35.9 Å². The van der Waals surface area contributed by atoms with Gasteiger partial charge in [0, 0.05) is 0 Å². The van der Waals surface area contributed by atoms with Crippen molar-refractivity contribution in [3.8, 4) is 0 Å². The van der Waals surface area contributed by atoms with Gasteiger partial charge in [-0.1, -0.05) is 30.3 Å². The van der Waals surface area contributed by atoms with Crippen molar-refractivity contribution >= 4 is 9.24 Å². The standard InChI is InChI=1S/C7H9P.HI/c8-6-7-4-2-1-3-5-7;/h1-5H,6,8H2;1H. The van der Waals surface area contributed by atoms with Crippen LogP contribution in [-0.4, -0.2) is 0 Å². The summed E-state index contributed by atoms with van der Waals surface area (Å²) in [7, 11) is 1.98. The van der Waals surface area contributed by atoms with Crippen LogP contribution in [0.1, 0.15) is 5.56 Å². The summed E-state index contributed by atoms with van der Waals surface area (Å²) in [6.45, 7) is 0. The van der Waals surface area contributed by atoms with Crippen LogP contribution in [0.15, 0.2) is 30.3 Å². The molecule has 0 radical (unpaired) electrons. The minimum Gasteiger partial charge on any atom is -1.00 e. The van der Waals surface area contributed by atoms with Gasteiger partial charge in [-0.25, -0.2) is 0 Å². The van der Waals surface area contributed by atoms with Gasteiger partial charge in [0.25, 0.3) is 0 Å². The van der Waals surface area contributed by atoms with Gasteiger partial charge in [0.2, 0.25) is 0 Å². The summed E-state index contributed by atoms with van der Waals surface area (Å²) >= 11 is 0. The molecule has 1 rings (SSSR count). The fourth-order valence-corrected chi connectivity index (χ4v) is 0.978. The van der Waals surface area contributed by atoms with Crippen LogP contribution in [0, 0.1) is 0 Å². The molecule has 50 valence electrons. The average Bonchev–Trinajstić information content (AvgIpc) is 1.90. The Kier molecular flexibility index (Phi) is 5.41. The van der Waals surface area contributed by atoms with Gasteiger partial charge in [-0.2, -0.15) is 0 Å². The zero-order valence-electron chi connectivity index (χ0n) is 5.18. The van der Waals surface area contributed by atoms with Crippen LogP contribution in [0.25, 0.3) is 0 Å². The van der Waals surface area contributed by atoms with Crippen LogP contribution in [0.5, 0.6) is 0 Å². The van der Waals surface area contributed by atoms with Crippen LogP contribution >= 0.6 is 9.24 Å². The Bertz CT molecular complexity index is 150. The topological polar surface area (TPSA) is 0 Å². The molecule has 0 spiro atoms. The lowest BCUT2D eigenvalue weighted by molar-refractivity contribution is -0.00000156. The molecular formula is C7H10IP. The van der Waals surface area contributed by atoms with Gasteiger partial charge < -0.3 is 24.0 Å². The lowest BCUT2D eigenvalue weighted by Gasteiger charge is -1.86. The third kappa shape index (κ3) is 3.17. The molecule has 1 unspecified atom stereocenters. The summed E-state index contributed by atoms with van der Waals surface area (Å²) in [5.74, 6) is 0. The van der Waals surface area contributed by atoms with Gasteiger partial charge in [-0.3, -0.25) is 0 Å². The van der Waals surface area contributed by atoms with Gasteiger partial charge in [-0.05, 0) is 14.8 Å². The lowest BCUT2D eigenvalue weighted by atomic mass is 10.2. The highest BCUT2D eigenvalue weighted by Crippen LogP contribution is 2.02. The van der Waals surface area contributed by atoms with E-state index in [2.05, 4.69) is 24.3 Å². The van der Waals surface area contributed by atoms with Crippen LogP contribution < -0.4 is 24.0 Å². The van der Waals surface area contributed by atoms with E-state index >= 15 is 0 Å². The first-order valence-corrected chi connectivity index (χ1v) is 3.76. The minimum atomic E-state index is 0. The van der Waals surface area contributed by atoms with Crippen molar-refractivity contribution in [1.29, 1.82) is 0 Å². The lowest BCUT2D eigenvalue weighted by Crippen LogP contribution is -3.00. The van der Waals surface area contributed by atoms with E-state index in [0.29, 0.717) is 0 Å². The molecule has 0 nitrogen and oxygen atoms in total. The first-order chi connectivity index (χ1) is 3.93. The van der Waals surface area contributed by atoms with Gasteiger partial charge >= 0.3 is 0 Å². The molecular weight excluding hydrogens is 242 g/mol. The Hall–Kier alpha value is 0.380. The molecule has 1 aromatic carbocycles. The van der Waals surface area contributed by atoms with Crippen molar-refractivity contribution in [2.45, 2.75) is 6.16 Å². The second-order valence-electron chi connectivity index (χ2n) is 1.74. The summed E-state index contributed by atoms with van der Waals surface area (Å²) in [4.78, 5) is 0. The average molecular weight is 252 g/mol. The van der Waals surface area contributed by atoms with E-state index in [1.54, 1.807) is 0 Å². The normalized spacial score (nSPS) is 8.44. The van der Waals surface area contributed by atoms with Crippen LogP contribution in [0.4, 0.5) is 0 Å². The van der Waals surface area contributed by atoms with E-state index in [9.17, 15) is 0 Å². The molecule has 0 saturated carbocycles. The third-order valence-corrected chi connectivity index (χ3v) is 1.71. The molecule has 1 atom stereocenters. The van der Waals surface area contributed by atoms with Gasteiger partial charge in [0.05, 0.1) is 6.16 Å². The molecule has 0 N–H and O–H groups in total. The quantitative estimate of drug-likeness (QED) is 0.435. The maximum absolute atomic E-state index is 2.15. The van der Waals surface area contributed by atoms with Crippen molar-refractivity contribution in [2.75, 3.05) is 0 Å². The third-order valence-electron chi connectivity index (χ3n) is 1.13. The summed E-state index contributed by atoms with van der Waals surface area (Å²) in [5, 5.41) is 0. The number of benzene rings is 1. The van der Waals surface area contributed by atoms with E-state index in [1.165, 1.54) is 11.7 Å². The number of hydrogen-bond acceptors (Lipinski definition) is 0. The first kappa shape index (κ1) is 9.38. The molecule has 0 aliphatic rings. The maximum Gasteiger partial charge on any atom is 0.0774 e. The molecule has 1 aromatic rings. The predicted octanol–water partition coefficient (Wildman–Crippen LogP) is -1.20. The second-order valence-corrected chi connectivity index (χ2v) is 2.24. The molecule has 0 aromatic heterocycles. The monoisotopic (exact) mass is 252 g/mol. The van der Waals surface area contributed by atoms with Crippen molar-refractivity contribution < 1.29 is 24.0 Å². The van der Waals surface area contributed by atoms with Crippen LogP contribution in [-0.2, 0) is 6.16 Å². The Morgan fingerprint density at radius 1 is 1.11 bits per heavy atom. The Morgan fingerprint density at radius 2 is 1.67 bits per heavy atom. The Labute approximate surface area is 75.3 Å². The summed E-state index contributed by atoms with van der Waals surface area (Å²) < 4.78 is 0. The highest BCUT2D eigenvalue weighted by atomic mass is 127. The highest BCUT2D eigenvalue weighted by molar-refractivity contribution is 7.15. The molecule has 0 aliphatic heterocycles. The van der Waals surface area contributed by atoms with Gasteiger partial charge in [-0.15, -0.1) is 0 Å². The maximum atomic E-state index is 2.15. The summed E-state index contributed by atoms with van der Waals surface area (Å²) in [6, 6.07) is 10.5. The van der Waals surface area contributed by atoms with Crippen LogP contribution in [0.3, 0.4) is 0 Å². The first-order valence-electron chi connectivity index (χ1n) is 2.76. The number of halogens is 1. The zero-order valence-corrected chi connectivity index (χ0v) is 8.75. The Morgan fingerprint density at radius 3 is 2.00 bits per heavy atom. The predicted molar refractivity (Wildman–Crippen MR) is 41.3 cm³/mol. The van der Waals surface area contributed by atoms with Crippen LogP contribution in [0.2, 0.25) is 0 Å².